The molecule has 4 heteroatoms. The van der Waals surface area contributed by atoms with Crippen molar-refractivity contribution in [1.82, 2.24) is 10.3 Å². The lowest BCUT2D eigenvalue weighted by Gasteiger charge is -2.07. The standard InChI is InChI=1S/C16H19N3O/c1-13-5-7-15(8-6-13)19-16(20)12-17-11-9-14-4-2-3-10-18-14/h2-8,10,17H,9,11-12H2,1H3,(H,19,20). The molecule has 0 bridgehead atoms. The van der Waals surface area contributed by atoms with Crippen molar-refractivity contribution >= 4 is 11.6 Å². The van der Waals surface area contributed by atoms with Crippen LogP contribution < -0.4 is 10.6 Å². The zero-order valence-electron chi connectivity index (χ0n) is 11.6. The van der Waals surface area contributed by atoms with E-state index in [9.17, 15) is 4.79 Å². The maximum Gasteiger partial charge on any atom is 0.238 e. The fraction of sp³-hybridized carbons (Fsp3) is 0.250. The van der Waals surface area contributed by atoms with Gasteiger partial charge in [0, 0.05) is 30.5 Å². The fourth-order valence-corrected chi connectivity index (χ4v) is 1.81. The second kappa shape index (κ2) is 7.40. The van der Waals surface area contributed by atoms with Gasteiger partial charge in [-0.05, 0) is 31.2 Å². The molecule has 1 heterocycles. The van der Waals surface area contributed by atoms with Crippen molar-refractivity contribution in [2.75, 3.05) is 18.4 Å². The van der Waals surface area contributed by atoms with Crippen molar-refractivity contribution < 1.29 is 4.79 Å². The highest BCUT2D eigenvalue weighted by atomic mass is 16.1. The van der Waals surface area contributed by atoms with Crippen LogP contribution in [0.3, 0.4) is 0 Å². The van der Waals surface area contributed by atoms with Crippen LogP contribution in [-0.2, 0) is 11.2 Å². The van der Waals surface area contributed by atoms with Crippen LogP contribution in [0.2, 0.25) is 0 Å². The van der Waals surface area contributed by atoms with Gasteiger partial charge in [0.1, 0.15) is 0 Å². The molecule has 0 fully saturated rings. The Balaban J connectivity index is 1.66. The summed E-state index contributed by atoms with van der Waals surface area (Å²) < 4.78 is 0. The van der Waals surface area contributed by atoms with E-state index in [-0.39, 0.29) is 5.91 Å². The number of nitrogens with zero attached hydrogens (tertiary/aromatic N) is 1. The summed E-state index contributed by atoms with van der Waals surface area (Å²) in [6, 6.07) is 13.6. The molecule has 1 aromatic heterocycles. The SMILES string of the molecule is Cc1ccc(NC(=O)CNCCc2ccccn2)cc1. The number of nitrogens with one attached hydrogen (secondary N) is 2. The molecule has 0 aliphatic carbocycles. The average molecular weight is 269 g/mol. The first-order valence-corrected chi connectivity index (χ1v) is 6.71. The number of amides is 1. The van der Waals surface area contributed by atoms with Crippen molar-refractivity contribution in [2.24, 2.45) is 0 Å². The number of carbonyl (C=O) groups excluding carboxylic acids is 1. The van der Waals surface area contributed by atoms with Crippen molar-refractivity contribution in [3.63, 3.8) is 0 Å². The largest absolute Gasteiger partial charge is 0.325 e. The second-order valence-electron chi connectivity index (χ2n) is 4.66. The van der Waals surface area contributed by atoms with E-state index >= 15 is 0 Å². The molecule has 2 N–H and O–H groups in total. The van der Waals surface area contributed by atoms with Crippen molar-refractivity contribution in [3.8, 4) is 0 Å². The number of carbonyl (C=O) groups is 1. The second-order valence-corrected chi connectivity index (χ2v) is 4.66. The van der Waals surface area contributed by atoms with E-state index in [4.69, 9.17) is 0 Å². The quantitative estimate of drug-likeness (QED) is 0.790. The van der Waals surface area contributed by atoms with Gasteiger partial charge in [-0.1, -0.05) is 23.8 Å². The van der Waals surface area contributed by atoms with E-state index in [1.54, 1.807) is 6.20 Å². The van der Waals surface area contributed by atoms with Crippen LogP contribution in [0, 0.1) is 6.92 Å². The van der Waals surface area contributed by atoms with Gasteiger partial charge in [-0.15, -0.1) is 0 Å². The molecule has 0 spiro atoms. The number of aryl methyl sites for hydroxylation is 1. The van der Waals surface area contributed by atoms with Gasteiger partial charge in [0.15, 0.2) is 0 Å². The number of hydrogen-bond acceptors (Lipinski definition) is 3. The van der Waals surface area contributed by atoms with Gasteiger partial charge in [-0.2, -0.15) is 0 Å². The third-order valence-electron chi connectivity index (χ3n) is 2.90. The van der Waals surface area contributed by atoms with E-state index in [1.165, 1.54) is 5.56 Å². The lowest BCUT2D eigenvalue weighted by Crippen LogP contribution is -2.29. The van der Waals surface area contributed by atoms with Gasteiger partial charge in [0.25, 0.3) is 0 Å². The Hall–Kier alpha value is -2.20. The molecule has 0 unspecified atom stereocenters. The van der Waals surface area contributed by atoms with Crippen molar-refractivity contribution in [1.29, 1.82) is 0 Å². The molecule has 1 aromatic carbocycles. The minimum Gasteiger partial charge on any atom is -0.325 e. The van der Waals surface area contributed by atoms with Gasteiger partial charge < -0.3 is 10.6 Å². The first-order valence-electron chi connectivity index (χ1n) is 6.71. The van der Waals surface area contributed by atoms with E-state index in [0.29, 0.717) is 6.54 Å². The third-order valence-corrected chi connectivity index (χ3v) is 2.90. The summed E-state index contributed by atoms with van der Waals surface area (Å²) in [6.07, 6.45) is 2.60. The summed E-state index contributed by atoms with van der Waals surface area (Å²) in [7, 11) is 0. The van der Waals surface area contributed by atoms with Gasteiger partial charge in [0.05, 0.1) is 6.54 Å². The van der Waals surface area contributed by atoms with Crippen LogP contribution in [0.1, 0.15) is 11.3 Å². The third kappa shape index (κ3) is 4.82. The van der Waals surface area contributed by atoms with Crippen LogP contribution >= 0.6 is 0 Å². The number of aromatic nitrogens is 1. The predicted molar refractivity (Wildman–Crippen MR) is 80.6 cm³/mol. The normalized spacial score (nSPS) is 10.2. The Morgan fingerprint density at radius 3 is 2.65 bits per heavy atom. The number of benzene rings is 1. The van der Waals surface area contributed by atoms with E-state index in [2.05, 4.69) is 15.6 Å². The molecule has 2 rings (SSSR count). The summed E-state index contributed by atoms with van der Waals surface area (Å²) in [4.78, 5) is 16.0. The monoisotopic (exact) mass is 269 g/mol. The maximum atomic E-state index is 11.7. The predicted octanol–water partition coefficient (Wildman–Crippen LogP) is 2.16. The topological polar surface area (TPSA) is 54.0 Å². The van der Waals surface area contributed by atoms with Gasteiger partial charge in [-0.3, -0.25) is 9.78 Å². The molecule has 2 aromatic rings. The average Bonchev–Trinajstić information content (AvgIpc) is 2.47. The highest BCUT2D eigenvalue weighted by molar-refractivity contribution is 5.92. The summed E-state index contributed by atoms with van der Waals surface area (Å²) >= 11 is 0. The number of pyridine rings is 1. The minimum absolute atomic E-state index is 0.0325. The molecular weight excluding hydrogens is 250 g/mol. The molecule has 1 amide bonds. The maximum absolute atomic E-state index is 11.7. The first kappa shape index (κ1) is 14.2. The highest BCUT2D eigenvalue weighted by Crippen LogP contribution is 2.07. The molecule has 0 saturated carbocycles. The Morgan fingerprint density at radius 1 is 1.15 bits per heavy atom. The highest BCUT2D eigenvalue weighted by Gasteiger charge is 2.01. The van der Waals surface area contributed by atoms with Crippen LogP contribution in [-0.4, -0.2) is 24.0 Å². The van der Waals surface area contributed by atoms with Gasteiger partial charge >= 0.3 is 0 Å². The summed E-state index contributed by atoms with van der Waals surface area (Å²) in [6.45, 7) is 3.06. The smallest absolute Gasteiger partial charge is 0.238 e. The Labute approximate surface area is 119 Å². The van der Waals surface area contributed by atoms with Crippen LogP contribution in [0.15, 0.2) is 48.7 Å². The van der Waals surface area contributed by atoms with Crippen LogP contribution in [0.4, 0.5) is 5.69 Å². The van der Waals surface area contributed by atoms with Crippen molar-refractivity contribution in [2.45, 2.75) is 13.3 Å². The molecule has 0 aliphatic rings. The Kier molecular flexibility index (Phi) is 5.26. The molecule has 0 radical (unpaired) electrons. The van der Waals surface area contributed by atoms with E-state index < -0.39 is 0 Å². The Morgan fingerprint density at radius 2 is 1.95 bits per heavy atom. The fourth-order valence-electron chi connectivity index (χ4n) is 1.81. The lowest BCUT2D eigenvalue weighted by atomic mass is 10.2. The molecule has 0 aliphatic heterocycles. The number of anilines is 1. The molecule has 20 heavy (non-hydrogen) atoms. The van der Waals surface area contributed by atoms with Gasteiger partial charge in [-0.25, -0.2) is 0 Å². The zero-order chi connectivity index (χ0) is 14.2. The lowest BCUT2D eigenvalue weighted by molar-refractivity contribution is -0.115. The zero-order valence-corrected chi connectivity index (χ0v) is 11.6. The van der Waals surface area contributed by atoms with Crippen LogP contribution in [0.25, 0.3) is 0 Å². The molecule has 4 nitrogen and oxygen atoms in total. The summed E-state index contributed by atoms with van der Waals surface area (Å²) in [5, 5.41) is 5.96. The summed E-state index contributed by atoms with van der Waals surface area (Å²) in [5.41, 5.74) is 3.03. The first-order chi connectivity index (χ1) is 9.74. The molecule has 0 saturated heterocycles. The van der Waals surface area contributed by atoms with Crippen molar-refractivity contribution in [3.05, 3.63) is 59.9 Å². The number of hydrogen-bond donors (Lipinski definition) is 2. The molecule has 0 atom stereocenters. The molecule has 104 valence electrons. The number of rotatable bonds is 6. The van der Waals surface area contributed by atoms with Crippen LogP contribution in [0.5, 0.6) is 0 Å². The van der Waals surface area contributed by atoms with E-state index in [1.807, 2.05) is 49.4 Å². The minimum atomic E-state index is -0.0325. The summed E-state index contributed by atoms with van der Waals surface area (Å²) in [5.74, 6) is -0.0325. The Bertz CT molecular complexity index is 537. The van der Waals surface area contributed by atoms with Gasteiger partial charge in [0.2, 0.25) is 5.91 Å². The van der Waals surface area contributed by atoms with E-state index in [0.717, 1.165) is 24.3 Å². The molecular formula is C16H19N3O.